The molecule has 1 fully saturated rings. The van der Waals surface area contributed by atoms with Gasteiger partial charge in [0.1, 0.15) is 0 Å². The quantitative estimate of drug-likeness (QED) is 0.823. The number of nitrogens with zero attached hydrogens (tertiary/aromatic N) is 2. The van der Waals surface area contributed by atoms with E-state index in [2.05, 4.69) is 4.98 Å². The number of carbonyl (C=O) groups excluding carboxylic acids is 1. The summed E-state index contributed by atoms with van der Waals surface area (Å²) in [6.07, 6.45) is 1.93. The van der Waals surface area contributed by atoms with Gasteiger partial charge in [-0.1, -0.05) is 18.2 Å². The molecule has 0 bridgehead atoms. The standard InChI is InChI=1S/C14H14N2O2/c17-10-6-8-16(9-10)14(18)12-5-7-15-13-4-2-1-3-11(12)13/h1-5,7,10,17H,6,8-9H2/t10-/m1/s1. The van der Waals surface area contributed by atoms with Crippen molar-refractivity contribution in [2.75, 3.05) is 13.1 Å². The van der Waals surface area contributed by atoms with E-state index in [1.165, 1.54) is 0 Å². The topological polar surface area (TPSA) is 53.4 Å². The molecule has 2 heterocycles. The molecule has 1 aliphatic heterocycles. The molecule has 1 amide bonds. The number of benzene rings is 1. The summed E-state index contributed by atoms with van der Waals surface area (Å²) in [5.41, 5.74) is 1.48. The van der Waals surface area contributed by atoms with Crippen LogP contribution in [0.4, 0.5) is 0 Å². The highest BCUT2D eigenvalue weighted by Crippen LogP contribution is 2.20. The van der Waals surface area contributed by atoms with Gasteiger partial charge in [-0.2, -0.15) is 0 Å². The number of rotatable bonds is 1. The molecule has 18 heavy (non-hydrogen) atoms. The zero-order valence-electron chi connectivity index (χ0n) is 9.91. The Morgan fingerprint density at radius 2 is 2.17 bits per heavy atom. The molecule has 3 rings (SSSR count). The minimum absolute atomic E-state index is 0.0230. The van der Waals surface area contributed by atoms with E-state index in [0.717, 1.165) is 10.9 Å². The average molecular weight is 242 g/mol. The minimum Gasteiger partial charge on any atom is -0.391 e. The van der Waals surface area contributed by atoms with Crippen LogP contribution in [0.25, 0.3) is 10.9 Å². The maximum absolute atomic E-state index is 12.4. The molecule has 2 aromatic rings. The van der Waals surface area contributed by atoms with Gasteiger partial charge in [0.2, 0.25) is 0 Å². The lowest BCUT2D eigenvalue weighted by molar-refractivity contribution is 0.0767. The molecule has 92 valence electrons. The van der Waals surface area contributed by atoms with E-state index in [1.807, 2.05) is 24.3 Å². The molecule has 1 aromatic carbocycles. The van der Waals surface area contributed by atoms with Crippen LogP contribution < -0.4 is 0 Å². The lowest BCUT2D eigenvalue weighted by Gasteiger charge is -2.16. The number of carbonyl (C=O) groups is 1. The Morgan fingerprint density at radius 3 is 2.94 bits per heavy atom. The Bertz CT molecular complexity index is 592. The molecule has 1 atom stereocenters. The summed E-state index contributed by atoms with van der Waals surface area (Å²) >= 11 is 0. The maximum Gasteiger partial charge on any atom is 0.254 e. The Kier molecular flexibility index (Phi) is 2.72. The zero-order valence-corrected chi connectivity index (χ0v) is 9.91. The van der Waals surface area contributed by atoms with Crippen molar-refractivity contribution in [3.63, 3.8) is 0 Å². The van der Waals surface area contributed by atoms with Crippen molar-refractivity contribution < 1.29 is 9.90 Å². The first-order valence-corrected chi connectivity index (χ1v) is 6.07. The lowest BCUT2D eigenvalue weighted by atomic mass is 10.1. The van der Waals surface area contributed by atoms with Crippen LogP contribution in [0.3, 0.4) is 0 Å². The summed E-state index contributed by atoms with van der Waals surface area (Å²) in [4.78, 5) is 18.3. The molecule has 0 aliphatic carbocycles. The van der Waals surface area contributed by atoms with Crippen molar-refractivity contribution in [1.29, 1.82) is 0 Å². The number of β-amino-alcohol motifs (C(OH)–C–C–N with tert-alkyl or cyclic N) is 1. The van der Waals surface area contributed by atoms with Gasteiger partial charge < -0.3 is 10.0 Å². The Balaban J connectivity index is 2.01. The van der Waals surface area contributed by atoms with Gasteiger partial charge in [-0.05, 0) is 18.6 Å². The lowest BCUT2D eigenvalue weighted by Crippen LogP contribution is -2.29. The van der Waals surface area contributed by atoms with E-state index in [-0.39, 0.29) is 12.0 Å². The molecule has 0 radical (unpaired) electrons. The van der Waals surface area contributed by atoms with Crippen molar-refractivity contribution in [1.82, 2.24) is 9.88 Å². The smallest absolute Gasteiger partial charge is 0.254 e. The largest absolute Gasteiger partial charge is 0.391 e. The van der Waals surface area contributed by atoms with Crippen LogP contribution >= 0.6 is 0 Å². The fraction of sp³-hybridized carbons (Fsp3) is 0.286. The molecule has 1 aromatic heterocycles. The summed E-state index contributed by atoms with van der Waals surface area (Å²) < 4.78 is 0. The van der Waals surface area contributed by atoms with Gasteiger partial charge in [-0.15, -0.1) is 0 Å². The fourth-order valence-corrected chi connectivity index (χ4v) is 2.38. The van der Waals surface area contributed by atoms with Gasteiger partial charge in [-0.3, -0.25) is 9.78 Å². The number of likely N-dealkylation sites (tertiary alicyclic amines) is 1. The van der Waals surface area contributed by atoms with Crippen LogP contribution in [-0.4, -0.2) is 40.1 Å². The number of hydrogen-bond donors (Lipinski definition) is 1. The van der Waals surface area contributed by atoms with E-state index < -0.39 is 0 Å². The number of para-hydroxylation sites is 1. The van der Waals surface area contributed by atoms with Gasteiger partial charge in [-0.25, -0.2) is 0 Å². The van der Waals surface area contributed by atoms with E-state index in [4.69, 9.17) is 0 Å². The van der Waals surface area contributed by atoms with E-state index in [9.17, 15) is 9.90 Å². The predicted octanol–water partition coefficient (Wildman–Crippen LogP) is 1.44. The average Bonchev–Trinajstić information content (AvgIpc) is 2.84. The van der Waals surface area contributed by atoms with Crippen molar-refractivity contribution in [3.05, 3.63) is 42.1 Å². The van der Waals surface area contributed by atoms with Gasteiger partial charge in [0, 0.05) is 24.7 Å². The van der Waals surface area contributed by atoms with Crippen LogP contribution in [0.2, 0.25) is 0 Å². The molecule has 1 N–H and O–H groups in total. The Morgan fingerprint density at radius 1 is 1.33 bits per heavy atom. The molecule has 1 saturated heterocycles. The SMILES string of the molecule is O=C(c1ccnc2ccccc12)N1CC[C@@H](O)C1. The summed E-state index contributed by atoms with van der Waals surface area (Å²) in [6, 6.07) is 9.35. The molecular weight excluding hydrogens is 228 g/mol. The Labute approximate surface area is 105 Å². The molecule has 4 nitrogen and oxygen atoms in total. The van der Waals surface area contributed by atoms with Gasteiger partial charge in [0.25, 0.3) is 5.91 Å². The van der Waals surface area contributed by atoms with E-state index in [1.54, 1.807) is 17.2 Å². The molecule has 0 saturated carbocycles. The van der Waals surface area contributed by atoms with Crippen LogP contribution in [0.15, 0.2) is 36.5 Å². The molecule has 0 unspecified atom stereocenters. The van der Waals surface area contributed by atoms with Crippen molar-refractivity contribution >= 4 is 16.8 Å². The first-order valence-electron chi connectivity index (χ1n) is 6.07. The maximum atomic E-state index is 12.4. The minimum atomic E-state index is -0.387. The second kappa shape index (κ2) is 4.38. The molecule has 4 heteroatoms. The Hall–Kier alpha value is -1.94. The summed E-state index contributed by atoms with van der Waals surface area (Å²) in [5, 5.41) is 10.4. The van der Waals surface area contributed by atoms with E-state index >= 15 is 0 Å². The van der Waals surface area contributed by atoms with E-state index in [0.29, 0.717) is 25.1 Å². The second-order valence-electron chi connectivity index (χ2n) is 4.57. The molecular formula is C14H14N2O2. The number of aliphatic hydroxyl groups is 1. The number of amides is 1. The number of aliphatic hydroxyl groups excluding tert-OH is 1. The first-order chi connectivity index (χ1) is 8.75. The fourth-order valence-electron chi connectivity index (χ4n) is 2.38. The van der Waals surface area contributed by atoms with Crippen LogP contribution in [0.1, 0.15) is 16.8 Å². The van der Waals surface area contributed by atoms with Gasteiger partial charge in [0.05, 0.1) is 17.2 Å². The summed E-state index contributed by atoms with van der Waals surface area (Å²) in [5.74, 6) is -0.0230. The number of fused-ring (bicyclic) bond motifs is 1. The third-order valence-electron chi connectivity index (χ3n) is 3.33. The second-order valence-corrected chi connectivity index (χ2v) is 4.57. The monoisotopic (exact) mass is 242 g/mol. The number of hydrogen-bond acceptors (Lipinski definition) is 3. The van der Waals surface area contributed by atoms with Crippen LogP contribution in [0, 0.1) is 0 Å². The highest BCUT2D eigenvalue weighted by atomic mass is 16.3. The summed E-state index contributed by atoms with van der Waals surface area (Å²) in [6.45, 7) is 1.05. The first kappa shape index (κ1) is 11.2. The van der Waals surface area contributed by atoms with Crippen molar-refractivity contribution in [2.24, 2.45) is 0 Å². The van der Waals surface area contributed by atoms with Crippen LogP contribution in [-0.2, 0) is 0 Å². The van der Waals surface area contributed by atoms with Crippen molar-refractivity contribution in [2.45, 2.75) is 12.5 Å². The molecule has 0 spiro atoms. The van der Waals surface area contributed by atoms with Gasteiger partial charge in [0.15, 0.2) is 0 Å². The normalized spacial score (nSPS) is 19.4. The number of aromatic nitrogens is 1. The summed E-state index contributed by atoms with van der Waals surface area (Å²) in [7, 11) is 0. The van der Waals surface area contributed by atoms with Gasteiger partial charge >= 0.3 is 0 Å². The molecule has 1 aliphatic rings. The highest BCUT2D eigenvalue weighted by Gasteiger charge is 2.26. The van der Waals surface area contributed by atoms with Crippen LogP contribution in [0.5, 0.6) is 0 Å². The predicted molar refractivity (Wildman–Crippen MR) is 68.3 cm³/mol. The third kappa shape index (κ3) is 1.84. The zero-order chi connectivity index (χ0) is 12.5. The third-order valence-corrected chi connectivity index (χ3v) is 3.33. The number of pyridine rings is 1. The highest BCUT2D eigenvalue weighted by molar-refractivity contribution is 6.06. The van der Waals surface area contributed by atoms with Crippen molar-refractivity contribution in [3.8, 4) is 0 Å².